The summed E-state index contributed by atoms with van der Waals surface area (Å²) >= 11 is 5.91. The predicted octanol–water partition coefficient (Wildman–Crippen LogP) is 4.21. The van der Waals surface area contributed by atoms with Crippen molar-refractivity contribution in [2.75, 3.05) is 24.2 Å². The Labute approximate surface area is 198 Å². The zero-order valence-electron chi connectivity index (χ0n) is 18.5. The van der Waals surface area contributed by atoms with Gasteiger partial charge in [0.05, 0.1) is 34.2 Å². The number of anilines is 1. The van der Waals surface area contributed by atoms with Gasteiger partial charge in [-0.2, -0.15) is 0 Å². The lowest BCUT2D eigenvalue weighted by Crippen LogP contribution is -2.46. The normalized spacial score (nSPS) is 21.0. The zero-order chi connectivity index (χ0) is 23.2. The van der Waals surface area contributed by atoms with Crippen molar-refractivity contribution in [2.45, 2.75) is 36.7 Å². The predicted molar refractivity (Wildman–Crippen MR) is 127 cm³/mol. The number of halogens is 1. The monoisotopic (exact) mass is 484 g/mol. The summed E-state index contributed by atoms with van der Waals surface area (Å²) in [7, 11) is -3.22. The van der Waals surface area contributed by atoms with Crippen LogP contribution in [-0.2, 0) is 16.3 Å². The van der Waals surface area contributed by atoms with Crippen molar-refractivity contribution in [2.24, 2.45) is 5.92 Å². The number of benzene rings is 1. The van der Waals surface area contributed by atoms with Gasteiger partial charge in [0, 0.05) is 42.8 Å². The highest BCUT2D eigenvalue weighted by atomic mass is 35.5. The minimum absolute atomic E-state index is 0.282. The van der Waals surface area contributed by atoms with Crippen LogP contribution in [0, 0.1) is 5.92 Å². The second kappa shape index (κ2) is 8.25. The first-order valence-electron chi connectivity index (χ1n) is 10.9. The van der Waals surface area contributed by atoms with Crippen LogP contribution in [0.15, 0.2) is 53.8 Å². The van der Waals surface area contributed by atoms with E-state index in [0.717, 1.165) is 60.9 Å². The van der Waals surface area contributed by atoms with Crippen molar-refractivity contribution in [3.63, 3.8) is 0 Å². The number of aromatic nitrogens is 3. The molecule has 3 aromatic rings. The fourth-order valence-corrected chi connectivity index (χ4v) is 5.53. The van der Waals surface area contributed by atoms with Gasteiger partial charge in [0.1, 0.15) is 11.4 Å². The Morgan fingerprint density at radius 1 is 1.06 bits per heavy atom. The van der Waals surface area contributed by atoms with E-state index in [0.29, 0.717) is 15.8 Å². The summed E-state index contributed by atoms with van der Waals surface area (Å²) in [6, 6.07) is 8.91. The summed E-state index contributed by atoms with van der Waals surface area (Å²) in [4.78, 5) is 15.8. The molecule has 2 aliphatic rings. The number of ether oxygens (including phenoxy) is 1. The fourth-order valence-electron chi connectivity index (χ4n) is 4.80. The van der Waals surface area contributed by atoms with Gasteiger partial charge in [-0.1, -0.05) is 23.7 Å². The van der Waals surface area contributed by atoms with E-state index in [1.54, 1.807) is 42.9 Å². The maximum atomic E-state index is 11.7. The molecule has 0 spiro atoms. The molecule has 1 aromatic carbocycles. The number of pyridine rings is 1. The third-order valence-corrected chi connectivity index (χ3v) is 7.98. The van der Waals surface area contributed by atoms with Gasteiger partial charge in [0.15, 0.2) is 9.84 Å². The van der Waals surface area contributed by atoms with Crippen LogP contribution >= 0.6 is 11.6 Å². The van der Waals surface area contributed by atoms with Crippen molar-refractivity contribution >= 4 is 27.4 Å². The lowest BCUT2D eigenvalue weighted by molar-refractivity contribution is 0.0347. The van der Waals surface area contributed by atoms with Crippen LogP contribution in [0.2, 0.25) is 5.02 Å². The smallest absolute Gasteiger partial charge is 0.225 e. The number of hydrogen-bond donors (Lipinski definition) is 0. The van der Waals surface area contributed by atoms with Crippen LogP contribution in [-0.4, -0.2) is 48.3 Å². The van der Waals surface area contributed by atoms with Crippen LogP contribution < -0.4 is 9.64 Å². The molecular formula is C24H25ClN4O3S. The number of piperidine rings is 1. The van der Waals surface area contributed by atoms with Crippen molar-refractivity contribution in [3.05, 3.63) is 59.5 Å². The molecule has 0 N–H and O–H groups in total. The summed E-state index contributed by atoms with van der Waals surface area (Å²) in [5.74, 6) is 1.96. The topological polar surface area (TPSA) is 85.3 Å². The standard InChI is InChI=1S/C24H25ClN4O3S/c1-24(18-7-9-29(10-8-18)23-27-13-19(25)14-28-23)12-17-11-21(26-15-22(17)32-24)16-3-5-20(6-4-16)33(2,30)31/h3-6,11,13-15,18H,7-10,12H2,1-2H3/t24-/m0/s1. The Morgan fingerprint density at radius 3 is 2.36 bits per heavy atom. The minimum atomic E-state index is -3.22. The van der Waals surface area contributed by atoms with E-state index in [-0.39, 0.29) is 5.60 Å². The number of hydrogen-bond acceptors (Lipinski definition) is 7. The number of sulfone groups is 1. The Balaban J connectivity index is 1.28. The molecule has 7 nitrogen and oxygen atoms in total. The molecule has 33 heavy (non-hydrogen) atoms. The first-order chi connectivity index (χ1) is 15.7. The lowest BCUT2D eigenvalue weighted by Gasteiger charge is -2.39. The molecule has 0 unspecified atom stereocenters. The summed E-state index contributed by atoms with van der Waals surface area (Å²) in [6.07, 6.45) is 9.06. The number of fused-ring (bicyclic) bond motifs is 1. The van der Waals surface area contributed by atoms with Gasteiger partial charge in [-0.3, -0.25) is 4.98 Å². The molecule has 5 rings (SSSR count). The van der Waals surface area contributed by atoms with E-state index < -0.39 is 9.84 Å². The Kier molecular flexibility index (Phi) is 5.53. The van der Waals surface area contributed by atoms with Crippen molar-refractivity contribution < 1.29 is 13.2 Å². The van der Waals surface area contributed by atoms with Gasteiger partial charge in [-0.25, -0.2) is 18.4 Å². The second-order valence-electron chi connectivity index (χ2n) is 9.03. The van der Waals surface area contributed by atoms with Crippen molar-refractivity contribution in [1.29, 1.82) is 0 Å². The number of nitrogens with zero attached hydrogens (tertiary/aromatic N) is 4. The van der Waals surface area contributed by atoms with Gasteiger partial charge in [0.2, 0.25) is 5.95 Å². The van der Waals surface area contributed by atoms with Crippen LogP contribution in [0.3, 0.4) is 0 Å². The molecule has 4 heterocycles. The van der Waals surface area contributed by atoms with Gasteiger partial charge < -0.3 is 9.64 Å². The molecular weight excluding hydrogens is 460 g/mol. The van der Waals surface area contributed by atoms with E-state index in [1.807, 2.05) is 0 Å². The van der Waals surface area contributed by atoms with Crippen LogP contribution in [0.1, 0.15) is 25.3 Å². The third kappa shape index (κ3) is 4.42. The maximum Gasteiger partial charge on any atom is 0.225 e. The molecule has 2 aliphatic heterocycles. The highest BCUT2D eigenvalue weighted by Gasteiger charge is 2.43. The van der Waals surface area contributed by atoms with E-state index in [4.69, 9.17) is 16.3 Å². The molecule has 0 radical (unpaired) electrons. The van der Waals surface area contributed by atoms with E-state index in [9.17, 15) is 8.42 Å². The van der Waals surface area contributed by atoms with E-state index in [2.05, 4.69) is 32.8 Å². The quantitative estimate of drug-likeness (QED) is 0.548. The van der Waals surface area contributed by atoms with Crippen molar-refractivity contribution in [1.82, 2.24) is 15.0 Å². The van der Waals surface area contributed by atoms with Gasteiger partial charge >= 0.3 is 0 Å². The summed E-state index contributed by atoms with van der Waals surface area (Å²) in [5, 5.41) is 0.539. The first-order valence-corrected chi connectivity index (χ1v) is 13.2. The van der Waals surface area contributed by atoms with Gasteiger partial charge in [0.25, 0.3) is 0 Å². The highest BCUT2D eigenvalue weighted by Crippen LogP contribution is 2.43. The van der Waals surface area contributed by atoms with Crippen LogP contribution in [0.4, 0.5) is 5.95 Å². The third-order valence-electron chi connectivity index (χ3n) is 6.66. The Bertz CT molecular complexity index is 1270. The highest BCUT2D eigenvalue weighted by molar-refractivity contribution is 7.90. The molecule has 2 aromatic heterocycles. The molecule has 9 heteroatoms. The number of rotatable bonds is 4. The Morgan fingerprint density at radius 2 is 1.73 bits per heavy atom. The molecule has 1 saturated heterocycles. The summed E-state index contributed by atoms with van der Waals surface area (Å²) < 4.78 is 29.9. The average Bonchev–Trinajstić information content (AvgIpc) is 3.16. The van der Waals surface area contributed by atoms with E-state index in [1.165, 1.54) is 6.26 Å². The maximum absolute atomic E-state index is 11.7. The Hall–Kier alpha value is -2.71. The zero-order valence-corrected chi connectivity index (χ0v) is 20.1. The summed E-state index contributed by atoms with van der Waals surface area (Å²) in [5.41, 5.74) is 2.56. The molecule has 0 saturated carbocycles. The minimum Gasteiger partial charge on any atom is -0.485 e. The van der Waals surface area contributed by atoms with Gasteiger partial charge in [-0.05, 0) is 38.0 Å². The van der Waals surface area contributed by atoms with Crippen LogP contribution in [0.25, 0.3) is 11.3 Å². The lowest BCUT2D eigenvalue weighted by atomic mass is 9.79. The van der Waals surface area contributed by atoms with Crippen LogP contribution in [0.5, 0.6) is 5.75 Å². The molecule has 0 aliphatic carbocycles. The first kappa shape index (κ1) is 22.1. The molecule has 1 fully saturated rings. The van der Waals surface area contributed by atoms with Gasteiger partial charge in [-0.15, -0.1) is 0 Å². The largest absolute Gasteiger partial charge is 0.485 e. The average molecular weight is 485 g/mol. The molecule has 172 valence electrons. The second-order valence-corrected chi connectivity index (χ2v) is 11.5. The molecule has 0 amide bonds. The van der Waals surface area contributed by atoms with E-state index >= 15 is 0 Å². The SMILES string of the molecule is C[C@@]1(C2CCN(c3ncc(Cl)cn3)CC2)Cc2cc(-c3ccc(S(C)(=O)=O)cc3)ncc2O1. The molecule has 1 atom stereocenters. The van der Waals surface area contributed by atoms with Crippen molar-refractivity contribution in [3.8, 4) is 17.0 Å². The molecule has 0 bridgehead atoms. The fraction of sp³-hybridized carbons (Fsp3) is 0.375. The summed E-state index contributed by atoms with van der Waals surface area (Å²) in [6.45, 7) is 3.93.